The van der Waals surface area contributed by atoms with Crippen molar-refractivity contribution >= 4 is 0 Å². The molecule has 3 heterocycles. The molecule has 2 aliphatic rings. The lowest BCUT2D eigenvalue weighted by atomic mass is 9.99. The van der Waals surface area contributed by atoms with Gasteiger partial charge in [-0.1, -0.05) is 12.1 Å². The summed E-state index contributed by atoms with van der Waals surface area (Å²) in [7, 11) is 0. The molecule has 4 rings (SSSR count). The van der Waals surface area contributed by atoms with Crippen molar-refractivity contribution in [3.63, 3.8) is 0 Å². The van der Waals surface area contributed by atoms with E-state index in [1.54, 1.807) is 6.20 Å². The fraction of sp³-hybridized carbons (Fsp3) is 0.500. The molecule has 2 fully saturated rings. The van der Waals surface area contributed by atoms with Crippen LogP contribution in [0.4, 0.5) is 0 Å². The monoisotopic (exact) mass is 352 g/mol. The number of aromatic nitrogens is 2. The highest BCUT2D eigenvalue weighted by molar-refractivity contribution is 5.32. The molecule has 1 aromatic heterocycles. The fourth-order valence-corrected chi connectivity index (χ4v) is 3.98. The maximum Gasteiger partial charge on any atom is 0.105 e. The van der Waals surface area contributed by atoms with Crippen molar-refractivity contribution in [2.45, 2.75) is 37.6 Å². The van der Waals surface area contributed by atoms with Crippen LogP contribution in [0.15, 0.2) is 42.7 Å². The molecule has 0 saturated carbocycles. The Hall–Kier alpha value is -2.20. The van der Waals surface area contributed by atoms with Gasteiger partial charge in [0.2, 0.25) is 0 Å². The summed E-state index contributed by atoms with van der Waals surface area (Å²) in [6.07, 6.45) is 6.00. The van der Waals surface area contributed by atoms with Gasteiger partial charge in [-0.25, -0.2) is 0 Å². The summed E-state index contributed by atoms with van der Waals surface area (Å²) < 4.78 is 14.3. The summed E-state index contributed by atoms with van der Waals surface area (Å²) in [5, 5.41) is 13.4. The summed E-state index contributed by atoms with van der Waals surface area (Å²) >= 11 is 0. The number of benzene rings is 1. The van der Waals surface area contributed by atoms with Crippen LogP contribution in [0, 0.1) is 11.3 Å². The summed E-state index contributed by atoms with van der Waals surface area (Å²) in [6.45, 7) is 4.71. The number of rotatable bonds is 4. The first-order valence-electron chi connectivity index (χ1n) is 9.19. The summed E-state index contributed by atoms with van der Waals surface area (Å²) in [6, 6.07) is 12.0. The molecule has 6 nitrogen and oxygen atoms in total. The average Bonchev–Trinajstić information content (AvgIpc) is 3.25. The first-order valence-corrected chi connectivity index (χ1v) is 9.19. The SMILES string of the molecule is N#Cc1cccc(CN2CCOC[C@]3(CC[C@H](Cn4cccn4)O3)C2)c1. The fourth-order valence-electron chi connectivity index (χ4n) is 3.98. The van der Waals surface area contributed by atoms with Crippen molar-refractivity contribution < 1.29 is 9.47 Å². The Morgan fingerprint density at radius 2 is 2.31 bits per heavy atom. The second-order valence-corrected chi connectivity index (χ2v) is 7.27. The Labute approximate surface area is 153 Å². The van der Waals surface area contributed by atoms with E-state index in [4.69, 9.17) is 14.7 Å². The van der Waals surface area contributed by atoms with Gasteiger partial charge in [0.05, 0.1) is 37.5 Å². The van der Waals surface area contributed by atoms with Crippen LogP contribution in [0.3, 0.4) is 0 Å². The zero-order valence-electron chi connectivity index (χ0n) is 14.9. The molecule has 1 aromatic carbocycles. The Balaban J connectivity index is 1.42. The highest BCUT2D eigenvalue weighted by atomic mass is 16.6. The van der Waals surface area contributed by atoms with Gasteiger partial charge in [0.15, 0.2) is 0 Å². The molecule has 0 aliphatic carbocycles. The maximum atomic E-state index is 9.10. The zero-order valence-corrected chi connectivity index (χ0v) is 14.9. The molecule has 1 spiro atoms. The molecular weight excluding hydrogens is 328 g/mol. The van der Waals surface area contributed by atoms with Crippen molar-refractivity contribution in [1.82, 2.24) is 14.7 Å². The van der Waals surface area contributed by atoms with E-state index in [1.807, 2.05) is 35.1 Å². The Morgan fingerprint density at radius 3 is 3.15 bits per heavy atom. The lowest BCUT2D eigenvalue weighted by Crippen LogP contribution is -2.44. The second kappa shape index (κ2) is 7.58. The summed E-state index contributed by atoms with van der Waals surface area (Å²) in [4.78, 5) is 2.39. The van der Waals surface area contributed by atoms with Crippen LogP contribution in [-0.4, -0.2) is 52.7 Å². The highest BCUT2D eigenvalue weighted by Crippen LogP contribution is 2.34. The van der Waals surface area contributed by atoms with Gasteiger partial charge in [-0.05, 0) is 36.6 Å². The molecule has 2 aliphatic heterocycles. The van der Waals surface area contributed by atoms with Gasteiger partial charge in [0.1, 0.15) is 5.60 Å². The van der Waals surface area contributed by atoms with E-state index in [9.17, 15) is 0 Å². The smallest absolute Gasteiger partial charge is 0.105 e. The van der Waals surface area contributed by atoms with Gasteiger partial charge < -0.3 is 9.47 Å². The largest absolute Gasteiger partial charge is 0.377 e. The van der Waals surface area contributed by atoms with E-state index in [1.165, 1.54) is 0 Å². The normalized spacial score (nSPS) is 26.7. The average molecular weight is 352 g/mol. The molecule has 26 heavy (non-hydrogen) atoms. The third kappa shape index (κ3) is 3.96. The number of hydrogen-bond donors (Lipinski definition) is 0. The number of hydrogen-bond acceptors (Lipinski definition) is 5. The molecule has 2 atom stereocenters. The summed E-state index contributed by atoms with van der Waals surface area (Å²) in [5.41, 5.74) is 1.63. The Bertz CT molecular complexity index is 770. The van der Waals surface area contributed by atoms with Crippen molar-refractivity contribution in [2.24, 2.45) is 0 Å². The highest BCUT2D eigenvalue weighted by Gasteiger charge is 2.43. The van der Waals surface area contributed by atoms with E-state index in [2.05, 4.69) is 22.1 Å². The van der Waals surface area contributed by atoms with Crippen molar-refractivity contribution in [3.8, 4) is 6.07 Å². The molecule has 136 valence electrons. The molecule has 0 radical (unpaired) electrons. The Morgan fingerprint density at radius 1 is 1.35 bits per heavy atom. The van der Waals surface area contributed by atoms with Crippen molar-refractivity contribution in [1.29, 1.82) is 5.26 Å². The van der Waals surface area contributed by atoms with Gasteiger partial charge in [-0.3, -0.25) is 9.58 Å². The van der Waals surface area contributed by atoms with E-state index in [0.717, 1.165) is 44.6 Å². The molecule has 0 amide bonds. The van der Waals surface area contributed by atoms with Crippen LogP contribution < -0.4 is 0 Å². The molecule has 2 aromatic rings. The standard InChI is InChI=1S/C20H24N4O2/c21-12-17-3-1-4-18(11-17)13-23-9-10-25-16-20(15-23)6-5-19(26-20)14-24-8-2-7-22-24/h1-4,7-8,11,19H,5-6,9-10,13-16H2/t19-,20+/m1/s1. The molecule has 2 saturated heterocycles. The molecular formula is C20H24N4O2. The van der Waals surface area contributed by atoms with Crippen LogP contribution in [0.25, 0.3) is 0 Å². The number of nitriles is 1. The quantitative estimate of drug-likeness (QED) is 0.844. The van der Waals surface area contributed by atoms with E-state index in [0.29, 0.717) is 18.8 Å². The minimum absolute atomic E-state index is 0.181. The predicted octanol–water partition coefficient (Wildman–Crippen LogP) is 2.20. The molecule has 0 bridgehead atoms. The third-order valence-electron chi connectivity index (χ3n) is 5.18. The van der Waals surface area contributed by atoms with Crippen LogP contribution in [-0.2, 0) is 22.6 Å². The van der Waals surface area contributed by atoms with Crippen molar-refractivity contribution in [2.75, 3.05) is 26.3 Å². The number of nitrogens with zero attached hydrogens (tertiary/aromatic N) is 4. The van der Waals surface area contributed by atoms with Crippen LogP contribution in [0.5, 0.6) is 0 Å². The molecule has 6 heteroatoms. The predicted molar refractivity (Wildman–Crippen MR) is 96.3 cm³/mol. The number of ether oxygens (including phenoxy) is 2. The van der Waals surface area contributed by atoms with E-state index >= 15 is 0 Å². The van der Waals surface area contributed by atoms with Gasteiger partial charge in [-0.2, -0.15) is 10.4 Å². The van der Waals surface area contributed by atoms with Gasteiger partial charge in [0, 0.05) is 32.0 Å². The second-order valence-electron chi connectivity index (χ2n) is 7.27. The first-order chi connectivity index (χ1) is 12.7. The van der Waals surface area contributed by atoms with Gasteiger partial charge in [0.25, 0.3) is 0 Å². The molecule has 0 unspecified atom stereocenters. The van der Waals surface area contributed by atoms with Crippen molar-refractivity contribution in [3.05, 3.63) is 53.9 Å². The zero-order chi connectivity index (χ0) is 17.8. The third-order valence-corrected chi connectivity index (χ3v) is 5.18. The van der Waals surface area contributed by atoms with Gasteiger partial charge >= 0.3 is 0 Å². The van der Waals surface area contributed by atoms with Gasteiger partial charge in [-0.15, -0.1) is 0 Å². The summed E-state index contributed by atoms with van der Waals surface area (Å²) in [5.74, 6) is 0. The van der Waals surface area contributed by atoms with E-state index in [-0.39, 0.29) is 11.7 Å². The minimum Gasteiger partial charge on any atom is -0.377 e. The van der Waals surface area contributed by atoms with Crippen LogP contribution in [0.1, 0.15) is 24.0 Å². The lowest BCUT2D eigenvalue weighted by molar-refractivity contribution is -0.0904. The lowest BCUT2D eigenvalue weighted by Gasteiger charge is -2.32. The van der Waals surface area contributed by atoms with Crippen LogP contribution in [0.2, 0.25) is 0 Å². The minimum atomic E-state index is -0.235. The maximum absolute atomic E-state index is 9.10. The first kappa shape index (κ1) is 17.2. The Kier molecular flexibility index (Phi) is 5.02. The van der Waals surface area contributed by atoms with Crippen LogP contribution >= 0.6 is 0 Å². The van der Waals surface area contributed by atoms with E-state index < -0.39 is 0 Å². The molecule has 0 N–H and O–H groups in total. The topological polar surface area (TPSA) is 63.3 Å².